The van der Waals surface area contributed by atoms with Gasteiger partial charge in [-0.15, -0.1) is 0 Å². The lowest BCUT2D eigenvalue weighted by atomic mass is 9.86. The van der Waals surface area contributed by atoms with E-state index in [1.807, 2.05) is 25.1 Å². The number of hydrogen-bond donors (Lipinski definition) is 2. The zero-order chi connectivity index (χ0) is 26.2. The fraction of sp³-hybridized carbons (Fsp3) is 0.222. The minimum Gasteiger partial charge on any atom is -0.381 e. The second-order valence-corrected chi connectivity index (χ2v) is 9.06. The van der Waals surface area contributed by atoms with Crippen LogP contribution in [0.4, 0.5) is 18.9 Å². The molecule has 0 aliphatic heterocycles. The standard InChI is InChI=1S/C27H25F3N6O/c1-17-23-12-22(32-13-19-3-5-20(28)6-4-19)8-10-26(23)34-36(17)18(2)27(37,14-35-16-31-15-33-35)24-9-7-21(29)11-25(24)30/h3-12,15-16,18,32,37H,13-14H2,1-2H3/t18-,27-/m1/s1. The van der Waals surface area contributed by atoms with E-state index in [2.05, 4.69) is 15.4 Å². The molecule has 5 aromatic rings. The first kappa shape index (κ1) is 24.5. The Balaban J connectivity index is 1.49. The fourth-order valence-electron chi connectivity index (χ4n) is 4.57. The summed E-state index contributed by atoms with van der Waals surface area (Å²) in [5.41, 5.74) is 1.32. The van der Waals surface area contributed by atoms with Crippen LogP contribution >= 0.6 is 0 Å². The van der Waals surface area contributed by atoms with E-state index in [0.29, 0.717) is 12.1 Å². The van der Waals surface area contributed by atoms with Crippen molar-refractivity contribution in [3.05, 3.63) is 108 Å². The van der Waals surface area contributed by atoms with Gasteiger partial charge in [0.25, 0.3) is 0 Å². The van der Waals surface area contributed by atoms with Gasteiger partial charge in [-0.25, -0.2) is 22.8 Å². The summed E-state index contributed by atoms with van der Waals surface area (Å²) in [5.74, 6) is -1.89. The summed E-state index contributed by atoms with van der Waals surface area (Å²) in [4.78, 5) is 3.91. The summed E-state index contributed by atoms with van der Waals surface area (Å²) in [5, 5.41) is 24.9. The van der Waals surface area contributed by atoms with Crippen LogP contribution in [0, 0.1) is 24.4 Å². The van der Waals surface area contributed by atoms with Crippen LogP contribution in [0.3, 0.4) is 0 Å². The van der Waals surface area contributed by atoms with Crippen molar-refractivity contribution in [2.24, 2.45) is 0 Å². The third-order valence-corrected chi connectivity index (χ3v) is 6.68. The smallest absolute Gasteiger partial charge is 0.137 e. The van der Waals surface area contributed by atoms with E-state index in [-0.39, 0.29) is 17.9 Å². The van der Waals surface area contributed by atoms with Crippen molar-refractivity contribution in [2.75, 3.05) is 5.32 Å². The molecular weight excluding hydrogens is 481 g/mol. The average Bonchev–Trinajstić information content (AvgIpc) is 3.50. The van der Waals surface area contributed by atoms with Gasteiger partial charge >= 0.3 is 0 Å². The molecule has 190 valence electrons. The van der Waals surface area contributed by atoms with Gasteiger partial charge in [-0.05, 0) is 55.8 Å². The number of aliphatic hydroxyl groups is 1. The molecule has 0 aliphatic rings. The Hall–Kier alpha value is -4.18. The summed E-state index contributed by atoms with van der Waals surface area (Å²) in [6.07, 6.45) is 2.74. The first-order valence-corrected chi connectivity index (χ1v) is 11.7. The monoisotopic (exact) mass is 506 g/mol. The summed E-state index contributed by atoms with van der Waals surface area (Å²) >= 11 is 0. The maximum absolute atomic E-state index is 15.0. The Kier molecular flexibility index (Phi) is 6.43. The lowest BCUT2D eigenvalue weighted by Crippen LogP contribution is -2.41. The molecule has 3 aromatic carbocycles. The van der Waals surface area contributed by atoms with E-state index >= 15 is 0 Å². The summed E-state index contributed by atoms with van der Waals surface area (Å²) in [6.45, 7) is 3.98. The van der Waals surface area contributed by atoms with E-state index in [4.69, 9.17) is 5.10 Å². The molecule has 2 N–H and O–H groups in total. The quantitative estimate of drug-likeness (QED) is 0.306. The number of nitrogens with one attached hydrogen (secondary N) is 1. The zero-order valence-corrected chi connectivity index (χ0v) is 20.2. The van der Waals surface area contributed by atoms with Crippen LogP contribution in [0.25, 0.3) is 10.9 Å². The van der Waals surface area contributed by atoms with Gasteiger partial charge in [0.1, 0.15) is 35.7 Å². The van der Waals surface area contributed by atoms with Crippen molar-refractivity contribution in [3.63, 3.8) is 0 Å². The number of aromatic nitrogens is 5. The molecule has 0 saturated carbocycles. The van der Waals surface area contributed by atoms with Gasteiger partial charge in [-0.1, -0.05) is 18.2 Å². The van der Waals surface area contributed by atoms with Crippen LogP contribution in [-0.4, -0.2) is 29.7 Å². The molecule has 0 fully saturated rings. The Morgan fingerprint density at radius 2 is 1.76 bits per heavy atom. The van der Waals surface area contributed by atoms with Crippen LogP contribution in [0.5, 0.6) is 0 Å². The first-order chi connectivity index (χ1) is 17.7. The van der Waals surface area contributed by atoms with Crippen LogP contribution in [-0.2, 0) is 18.7 Å². The molecule has 2 heterocycles. The molecule has 0 unspecified atom stereocenters. The number of fused-ring (bicyclic) bond motifs is 1. The third-order valence-electron chi connectivity index (χ3n) is 6.68. The molecule has 0 aliphatic carbocycles. The minimum atomic E-state index is -1.83. The maximum Gasteiger partial charge on any atom is 0.137 e. The molecule has 5 rings (SSSR count). The molecule has 37 heavy (non-hydrogen) atoms. The lowest BCUT2D eigenvalue weighted by molar-refractivity contribution is -0.0372. The summed E-state index contributed by atoms with van der Waals surface area (Å²) < 4.78 is 44.9. The minimum absolute atomic E-state index is 0.0718. The molecule has 0 amide bonds. The van der Waals surface area contributed by atoms with Crippen LogP contribution < -0.4 is 5.32 Å². The number of benzene rings is 3. The second kappa shape index (κ2) is 9.70. The molecule has 7 nitrogen and oxygen atoms in total. The van der Waals surface area contributed by atoms with Gasteiger partial charge in [0.05, 0.1) is 18.1 Å². The molecule has 0 saturated heterocycles. The molecule has 0 bridgehead atoms. The van der Waals surface area contributed by atoms with Crippen molar-refractivity contribution in [1.29, 1.82) is 0 Å². The maximum atomic E-state index is 15.0. The van der Waals surface area contributed by atoms with E-state index in [1.54, 1.807) is 23.7 Å². The highest BCUT2D eigenvalue weighted by Gasteiger charge is 2.41. The third kappa shape index (κ3) is 4.79. The molecule has 2 aromatic heterocycles. The van der Waals surface area contributed by atoms with Gasteiger partial charge in [0.2, 0.25) is 0 Å². The SMILES string of the molecule is Cc1c2cc(NCc3ccc(F)cc3)ccc2nn1[C@H](C)[C@](O)(Cn1cncn1)c1ccc(F)cc1F. The Morgan fingerprint density at radius 3 is 2.46 bits per heavy atom. The van der Waals surface area contributed by atoms with Gasteiger partial charge in [-0.3, -0.25) is 4.68 Å². The topological polar surface area (TPSA) is 80.8 Å². The van der Waals surface area contributed by atoms with Gasteiger partial charge in [0.15, 0.2) is 0 Å². The van der Waals surface area contributed by atoms with E-state index < -0.39 is 23.3 Å². The Labute approximate surface area is 211 Å². The summed E-state index contributed by atoms with van der Waals surface area (Å²) in [7, 11) is 0. The van der Waals surface area contributed by atoms with Crippen LogP contribution in [0.2, 0.25) is 0 Å². The second-order valence-electron chi connectivity index (χ2n) is 9.06. The predicted octanol–water partition coefficient (Wildman–Crippen LogP) is 5.11. The lowest BCUT2D eigenvalue weighted by Gasteiger charge is -2.35. The van der Waals surface area contributed by atoms with Crippen molar-refractivity contribution < 1.29 is 18.3 Å². The van der Waals surface area contributed by atoms with Crippen LogP contribution in [0.1, 0.15) is 29.8 Å². The number of aryl methyl sites for hydroxylation is 1. The van der Waals surface area contributed by atoms with Crippen molar-refractivity contribution >= 4 is 16.6 Å². The average molecular weight is 507 g/mol. The van der Waals surface area contributed by atoms with Gasteiger partial charge in [-0.2, -0.15) is 10.2 Å². The van der Waals surface area contributed by atoms with Gasteiger partial charge in [0, 0.05) is 34.9 Å². The molecule has 10 heteroatoms. The zero-order valence-electron chi connectivity index (χ0n) is 20.2. The highest BCUT2D eigenvalue weighted by Crippen LogP contribution is 2.38. The highest BCUT2D eigenvalue weighted by molar-refractivity contribution is 5.85. The summed E-state index contributed by atoms with van der Waals surface area (Å²) in [6, 6.07) is 14.3. The van der Waals surface area contributed by atoms with Crippen LogP contribution in [0.15, 0.2) is 73.3 Å². The largest absolute Gasteiger partial charge is 0.381 e. The first-order valence-electron chi connectivity index (χ1n) is 11.7. The number of anilines is 1. The fourth-order valence-corrected chi connectivity index (χ4v) is 4.57. The molecular formula is C27H25F3N6O. The van der Waals surface area contributed by atoms with E-state index in [1.165, 1.54) is 35.5 Å². The molecule has 0 spiro atoms. The molecule has 2 atom stereocenters. The molecule has 0 radical (unpaired) electrons. The van der Waals surface area contributed by atoms with Crippen molar-refractivity contribution in [1.82, 2.24) is 24.5 Å². The number of nitrogens with zero attached hydrogens (tertiary/aromatic N) is 5. The number of rotatable bonds is 8. The van der Waals surface area contributed by atoms with Gasteiger partial charge < -0.3 is 10.4 Å². The van der Waals surface area contributed by atoms with Crippen molar-refractivity contribution in [2.45, 2.75) is 38.6 Å². The van der Waals surface area contributed by atoms with E-state index in [9.17, 15) is 18.3 Å². The highest BCUT2D eigenvalue weighted by atomic mass is 19.1. The number of hydrogen-bond acceptors (Lipinski definition) is 5. The number of halogens is 3. The van der Waals surface area contributed by atoms with Crippen molar-refractivity contribution in [3.8, 4) is 0 Å². The van der Waals surface area contributed by atoms with E-state index in [0.717, 1.165) is 34.5 Å². The Bertz CT molecular complexity index is 1530. The Morgan fingerprint density at radius 1 is 1.00 bits per heavy atom. The predicted molar refractivity (Wildman–Crippen MR) is 133 cm³/mol. The normalized spacial score (nSPS) is 14.0.